The first-order chi connectivity index (χ1) is 18.2. The van der Waals surface area contributed by atoms with Crippen molar-refractivity contribution >= 4 is 11.8 Å². The third-order valence-electron chi connectivity index (χ3n) is 6.41. The number of carbonyl (C=O) groups is 2. The smallest absolute Gasteiger partial charge is 0.261 e. The highest BCUT2D eigenvalue weighted by Gasteiger charge is 2.31. The topological polar surface area (TPSA) is 58.6 Å². The second-order valence-electron chi connectivity index (χ2n) is 10.5. The summed E-state index contributed by atoms with van der Waals surface area (Å²) < 4.78 is 19.7. The van der Waals surface area contributed by atoms with Crippen molar-refractivity contribution in [3.8, 4) is 5.75 Å². The summed E-state index contributed by atoms with van der Waals surface area (Å²) in [4.78, 5) is 28.8. The first kappa shape index (κ1) is 28.9. The summed E-state index contributed by atoms with van der Waals surface area (Å²) in [5.74, 6) is -0.244. The fraction of sp³-hybridized carbons (Fsp3) is 0.375. The number of rotatable bonds is 12. The van der Waals surface area contributed by atoms with Gasteiger partial charge in [0, 0.05) is 19.5 Å². The standard InChI is InChI=1S/C32H39FN2O3/c1-5-6-20-34-31(37)28(21-24-12-8-7-9-13-24)35(22-25-16-18-26(33)19-17-25)30(36)23-38-29-15-11-10-14-27(29)32(2,3)4/h7-19,28H,5-6,20-23H2,1-4H3,(H,34,37)/t28-/m0/s1. The molecule has 2 amide bonds. The van der Waals surface area contributed by atoms with E-state index in [0.29, 0.717) is 18.7 Å². The maximum Gasteiger partial charge on any atom is 0.261 e. The van der Waals surface area contributed by atoms with E-state index >= 15 is 0 Å². The van der Waals surface area contributed by atoms with Gasteiger partial charge < -0.3 is 15.0 Å². The molecule has 5 nitrogen and oxygen atoms in total. The fourth-order valence-corrected chi connectivity index (χ4v) is 4.28. The minimum Gasteiger partial charge on any atom is -0.483 e. The molecule has 38 heavy (non-hydrogen) atoms. The van der Waals surface area contributed by atoms with Crippen LogP contribution in [0.25, 0.3) is 0 Å². The third kappa shape index (κ3) is 8.44. The molecule has 3 rings (SSSR count). The Morgan fingerprint density at radius 3 is 2.24 bits per heavy atom. The van der Waals surface area contributed by atoms with Crippen molar-refractivity contribution in [2.75, 3.05) is 13.2 Å². The number of halogens is 1. The molecule has 202 valence electrons. The van der Waals surface area contributed by atoms with Crippen molar-refractivity contribution in [3.63, 3.8) is 0 Å². The van der Waals surface area contributed by atoms with Crippen molar-refractivity contribution in [3.05, 3.63) is 101 Å². The SMILES string of the molecule is CCCCNC(=O)[C@H](Cc1ccccc1)N(Cc1ccc(F)cc1)C(=O)COc1ccccc1C(C)(C)C. The van der Waals surface area contributed by atoms with E-state index in [1.807, 2.05) is 54.6 Å². The van der Waals surface area contributed by atoms with Crippen LogP contribution in [0.15, 0.2) is 78.9 Å². The zero-order valence-electron chi connectivity index (χ0n) is 22.9. The Balaban J connectivity index is 1.91. The molecule has 0 spiro atoms. The summed E-state index contributed by atoms with van der Waals surface area (Å²) in [6.45, 7) is 8.81. The van der Waals surface area contributed by atoms with Crippen LogP contribution in [0.1, 0.15) is 57.2 Å². The molecule has 0 aliphatic rings. The molecule has 1 N–H and O–H groups in total. The fourth-order valence-electron chi connectivity index (χ4n) is 4.28. The molecule has 0 aromatic heterocycles. The van der Waals surface area contributed by atoms with Gasteiger partial charge in [-0.2, -0.15) is 0 Å². The van der Waals surface area contributed by atoms with E-state index in [4.69, 9.17) is 4.74 Å². The van der Waals surface area contributed by atoms with Gasteiger partial charge >= 0.3 is 0 Å². The number of unbranched alkanes of at least 4 members (excludes halogenated alkanes) is 1. The molecule has 0 aliphatic heterocycles. The summed E-state index contributed by atoms with van der Waals surface area (Å²) in [6, 6.07) is 22.6. The maximum atomic E-state index is 13.8. The van der Waals surface area contributed by atoms with Gasteiger partial charge in [-0.15, -0.1) is 0 Å². The van der Waals surface area contributed by atoms with Gasteiger partial charge in [-0.3, -0.25) is 9.59 Å². The number of benzene rings is 3. The average molecular weight is 519 g/mol. The van der Waals surface area contributed by atoms with Crippen molar-refractivity contribution in [1.29, 1.82) is 0 Å². The van der Waals surface area contributed by atoms with E-state index in [9.17, 15) is 14.0 Å². The van der Waals surface area contributed by atoms with Gasteiger partial charge in [0.15, 0.2) is 6.61 Å². The number of nitrogens with zero attached hydrogens (tertiary/aromatic N) is 1. The Labute approximate surface area is 226 Å². The molecule has 0 fully saturated rings. The molecular formula is C32H39FN2O3. The number of ether oxygens (including phenoxy) is 1. The molecule has 1 atom stereocenters. The summed E-state index contributed by atoms with van der Waals surface area (Å²) in [5, 5.41) is 3.00. The van der Waals surface area contributed by atoms with E-state index < -0.39 is 6.04 Å². The predicted octanol–water partition coefficient (Wildman–Crippen LogP) is 6.06. The van der Waals surface area contributed by atoms with Gasteiger partial charge in [-0.05, 0) is 46.7 Å². The predicted molar refractivity (Wildman–Crippen MR) is 149 cm³/mol. The van der Waals surface area contributed by atoms with Crippen LogP contribution in [0, 0.1) is 5.82 Å². The van der Waals surface area contributed by atoms with Crippen LogP contribution < -0.4 is 10.1 Å². The van der Waals surface area contributed by atoms with E-state index in [1.54, 1.807) is 17.0 Å². The molecule has 0 saturated heterocycles. The lowest BCUT2D eigenvalue weighted by Gasteiger charge is -2.32. The van der Waals surface area contributed by atoms with Crippen molar-refractivity contribution in [2.24, 2.45) is 0 Å². The quantitative estimate of drug-likeness (QED) is 0.297. The molecule has 0 aliphatic carbocycles. The number of carbonyl (C=O) groups excluding carboxylic acids is 2. The minimum atomic E-state index is -0.756. The van der Waals surface area contributed by atoms with E-state index in [1.165, 1.54) is 12.1 Å². The number of hydrogen-bond acceptors (Lipinski definition) is 3. The normalized spacial score (nSPS) is 12.0. The lowest BCUT2D eigenvalue weighted by Crippen LogP contribution is -2.51. The number of nitrogens with one attached hydrogen (secondary N) is 1. The first-order valence-corrected chi connectivity index (χ1v) is 13.3. The van der Waals surface area contributed by atoms with Gasteiger partial charge in [0.1, 0.15) is 17.6 Å². The first-order valence-electron chi connectivity index (χ1n) is 13.3. The van der Waals surface area contributed by atoms with Crippen LogP contribution in [0.2, 0.25) is 0 Å². The Bertz CT molecular complexity index is 1170. The van der Waals surface area contributed by atoms with Crippen LogP contribution in [-0.4, -0.2) is 35.9 Å². The van der Waals surface area contributed by atoms with Crippen LogP contribution in [0.3, 0.4) is 0 Å². The van der Waals surface area contributed by atoms with E-state index in [2.05, 4.69) is 33.0 Å². The van der Waals surface area contributed by atoms with Crippen molar-refractivity contribution in [2.45, 2.75) is 65.0 Å². The lowest BCUT2D eigenvalue weighted by molar-refractivity contribution is -0.142. The monoisotopic (exact) mass is 518 g/mol. The van der Waals surface area contributed by atoms with Gasteiger partial charge in [-0.25, -0.2) is 4.39 Å². The maximum absolute atomic E-state index is 13.8. The van der Waals surface area contributed by atoms with Gasteiger partial charge in [0.2, 0.25) is 5.91 Å². The summed E-state index contributed by atoms with van der Waals surface area (Å²) in [7, 11) is 0. The van der Waals surface area contributed by atoms with Crippen LogP contribution in [0.4, 0.5) is 4.39 Å². The highest BCUT2D eigenvalue weighted by atomic mass is 19.1. The van der Waals surface area contributed by atoms with Crippen LogP contribution in [0.5, 0.6) is 5.75 Å². The molecule has 0 bridgehead atoms. The molecule has 0 radical (unpaired) electrons. The molecular weight excluding hydrogens is 479 g/mol. The van der Waals surface area contributed by atoms with Crippen LogP contribution in [-0.2, 0) is 28.0 Å². The number of para-hydroxylation sites is 1. The summed E-state index contributed by atoms with van der Waals surface area (Å²) >= 11 is 0. The average Bonchev–Trinajstić information content (AvgIpc) is 2.90. The Hall–Kier alpha value is -3.67. The Morgan fingerprint density at radius 2 is 1.58 bits per heavy atom. The van der Waals surface area contributed by atoms with E-state index in [-0.39, 0.29) is 36.2 Å². The summed E-state index contributed by atoms with van der Waals surface area (Å²) in [6.07, 6.45) is 2.15. The molecule has 6 heteroatoms. The third-order valence-corrected chi connectivity index (χ3v) is 6.41. The minimum absolute atomic E-state index is 0.155. The largest absolute Gasteiger partial charge is 0.483 e. The van der Waals surface area contributed by atoms with Gasteiger partial charge in [0.25, 0.3) is 5.91 Å². The lowest BCUT2D eigenvalue weighted by atomic mass is 9.86. The van der Waals surface area contributed by atoms with Crippen LogP contribution >= 0.6 is 0 Å². The van der Waals surface area contributed by atoms with Gasteiger partial charge in [0.05, 0.1) is 0 Å². The highest BCUT2D eigenvalue weighted by molar-refractivity contribution is 5.88. The van der Waals surface area contributed by atoms with Crippen molar-refractivity contribution in [1.82, 2.24) is 10.2 Å². The molecule has 0 heterocycles. The molecule has 3 aromatic rings. The van der Waals surface area contributed by atoms with Gasteiger partial charge in [-0.1, -0.05) is 94.8 Å². The van der Waals surface area contributed by atoms with Crippen molar-refractivity contribution < 1.29 is 18.7 Å². The number of amides is 2. The molecule has 0 unspecified atom stereocenters. The number of hydrogen-bond donors (Lipinski definition) is 1. The highest BCUT2D eigenvalue weighted by Crippen LogP contribution is 2.31. The Morgan fingerprint density at radius 1 is 0.921 bits per heavy atom. The second kappa shape index (κ2) is 13.8. The van der Waals surface area contributed by atoms with E-state index in [0.717, 1.165) is 29.5 Å². The molecule has 3 aromatic carbocycles. The molecule has 0 saturated carbocycles. The zero-order chi connectivity index (χ0) is 27.5. The summed E-state index contributed by atoms with van der Waals surface area (Å²) in [5.41, 5.74) is 2.51. The zero-order valence-corrected chi connectivity index (χ0v) is 22.9. The second-order valence-corrected chi connectivity index (χ2v) is 10.5. The Kier molecular flexibility index (Phi) is 10.5.